The number of hydrogen-bond acceptors (Lipinski definition) is 5. The van der Waals surface area contributed by atoms with Gasteiger partial charge >= 0.3 is 6.03 Å². The standard InChI is InChI=1S/C15H19ClN4O3/c1-10-4-5-11(16)8-12(10)17-15(21)20(2)7-6-13-18-14(9-22-3)23-19-13/h4-5,8H,6-7,9H2,1-3H3,(H,17,21). The molecule has 0 bridgehead atoms. The summed E-state index contributed by atoms with van der Waals surface area (Å²) in [4.78, 5) is 17.9. The van der Waals surface area contributed by atoms with Crippen LogP contribution in [0.4, 0.5) is 10.5 Å². The van der Waals surface area contributed by atoms with Crippen molar-refractivity contribution < 1.29 is 14.1 Å². The Morgan fingerprint density at radius 2 is 2.26 bits per heavy atom. The van der Waals surface area contributed by atoms with Crippen LogP contribution in [0.2, 0.25) is 5.02 Å². The van der Waals surface area contributed by atoms with Crippen LogP contribution in [0.3, 0.4) is 0 Å². The first-order valence-electron chi connectivity index (χ1n) is 7.08. The molecule has 0 aliphatic heterocycles. The first-order valence-corrected chi connectivity index (χ1v) is 7.46. The van der Waals surface area contributed by atoms with Crippen molar-refractivity contribution in [3.05, 3.63) is 40.5 Å². The number of hydrogen-bond donors (Lipinski definition) is 1. The number of aromatic nitrogens is 2. The van der Waals surface area contributed by atoms with Gasteiger partial charge < -0.3 is 19.5 Å². The van der Waals surface area contributed by atoms with Crippen molar-refractivity contribution in [2.45, 2.75) is 20.0 Å². The van der Waals surface area contributed by atoms with Gasteiger partial charge in [-0.25, -0.2) is 4.79 Å². The highest BCUT2D eigenvalue weighted by Crippen LogP contribution is 2.20. The first kappa shape index (κ1) is 17.2. The maximum absolute atomic E-state index is 12.2. The van der Waals surface area contributed by atoms with Crippen LogP contribution in [0, 0.1) is 6.92 Å². The van der Waals surface area contributed by atoms with Gasteiger partial charge in [0.05, 0.1) is 0 Å². The Kier molecular flexibility index (Phi) is 5.95. The lowest BCUT2D eigenvalue weighted by Crippen LogP contribution is -2.33. The Hall–Kier alpha value is -2.12. The zero-order valence-corrected chi connectivity index (χ0v) is 14.1. The van der Waals surface area contributed by atoms with E-state index >= 15 is 0 Å². The molecule has 8 heteroatoms. The molecule has 1 aromatic heterocycles. The second-order valence-electron chi connectivity index (χ2n) is 5.10. The molecule has 1 N–H and O–H groups in total. The van der Waals surface area contributed by atoms with E-state index in [-0.39, 0.29) is 12.6 Å². The van der Waals surface area contributed by atoms with Gasteiger partial charge in [0.15, 0.2) is 5.82 Å². The topological polar surface area (TPSA) is 80.5 Å². The van der Waals surface area contributed by atoms with Crippen LogP contribution >= 0.6 is 11.6 Å². The average Bonchev–Trinajstić information content (AvgIpc) is 2.96. The molecule has 0 saturated heterocycles. The van der Waals surface area contributed by atoms with Gasteiger partial charge in [0.25, 0.3) is 5.89 Å². The molecule has 23 heavy (non-hydrogen) atoms. The summed E-state index contributed by atoms with van der Waals surface area (Å²) in [6, 6.07) is 5.13. The number of carbonyl (C=O) groups excluding carboxylic acids is 1. The van der Waals surface area contributed by atoms with E-state index < -0.39 is 0 Å². The van der Waals surface area contributed by atoms with Crippen molar-refractivity contribution in [3.63, 3.8) is 0 Å². The molecule has 1 heterocycles. The van der Waals surface area contributed by atoms with Crippen LogP contribution in [0.5, 0.6) is 0 Å². The zero-order valence-electron chi connectivity index (χ0n) is 13.3. The number of anilines is 1. The minimum absolute atomic E-state index is 0.226. The predicted molar refractivity (Wildman–Crippen MR) is 86.6 cm³/mol. The SMILES string of the molecule is COCc1nc(CCN(C)C(=O)Nc2cc(Cl)ccc2C)no1. The summed E-state index contributed by atoms with van der Waals surface area (Å²) in [7, 11) is 3.26. The number of amides is 2. The first-order chi connectivity index (χ1) is 11.0. The molecule has 2 amide bonds. The van der Waals surface area contributed by atoms with Crippen LogP contribution in [0.25, 0.3) is 0 Å². The Bertz CT molecular complexity index is 674. The molecule has 1 aromatic carbocycles. The fourth-order valence-electron chi connectivity index (χ4n) is 1.88. The Morgan fingerprint density at radius 3 is 3.00 bits per heavy atom. The molecule has 0 radical (unpaired) electrons. The summed E-state index contributed by atoms with van der Waals surface area (Å²) in [5.74, 6) is 0.958. The predicted octanol–water partition coefficient (Wildman–Crippen LogP) is 2.88. The molecule has 2 rings (SSSR count). The van der Waals surface area contributed by atoms with Gasteiger partial charge in [-0.05, 0) is 24.6 Å². The molecular weight excluding hydrogens is 320 g/mol. The third-order valence-corrected chi connectivity index (χ3v) is 3.47. The number of methoxy groups -OCH3 is 1. The summed E-state index contributed by atoms with van der Waals surface area (Å²) in [6.45, 7) is 2.64. The molecule has 124 valence electrons. The van der Waals surface area contributed by atoms with Crippen molar-refractivity contribution in [2.75, 3.05) is 26.0 Å². The number of likely N-dealkylation sites (N-methyl/N-ethyl adjacent to an activating group) is 1. The lowest BCUT2D eigenvalue weighted by Gasteiger charge is -2.18. The highest BCUT2D eigenvalue weighted by atomic mass is 35.5. The summed E-state index contributed by atoms with van der Waals surface area (Å²) in [6.07, 6.45) is 0.492. The Morgan fingerprint density at radius 1 is 1.48 bits per heavy atom. The van der Waals surface area contributed by atoms with Crippen molar-refractivity contribution >= 4 is 23.3 Å². The van der Waals surface area contributed by atoms with Crippen LogP contribution in [0.15, 0.2) is 22.7 Å². The molecule has 0 spiro atoms. The number of halogens is 1. The quantitative estimate of drug-likeness (QED) is 0.876. The zero-order chi connectivity index (χ0) is 16.8. The van der Waals surface area contributed by atoms with E-state index in [9.17, 15) is 4.79 Å². The second kappa shape index (κ2) is 7.94. The van der Waals surface area contributed by atoms with Crippen LogP contribution in [-0.2, 0) is 17.8 Å². The monoisotopic (exact) mass is 338 g/mol. The third-order valence-electron chi connectivity index (χ3n) is 3.24. The molecule has 0 atom stereocenters. The number of ether oxygens (including phenoxy) is 1. The molecule has 2 aromatic rings. The van der Waals surface area contributed by atoms with Gasteiger partial charge in [-0.2, -0.15) is 4.98 Å². The van der Waals surface area contributed by atoms with Crippen LogP contribution in [-0.4, -0.2) is 41.8 Å². The summed E-state index contributed by atoms with van der Waals surface area (Å²) in [5, 5.41) is 7.24. The maximum atomic E-state index is 12.2. The smallest absolute Gasteiger partial charge is 0.321 e. The number of benzene rings is 1. The van der Waals surface area contributed by atoms with Gasteiger partial charge in [0.1, 0.15) is 6.61 Å². The average molecular weight is 339 g/mol. The van der Waals surface area contributed by atoms with E-state index in [2.05, 4.69) is 15.5 Å². The van der Waals surface area contributed by atoms with Gasteiger partial charge in [-0.1, -0.05) is 22.8 Å². The van der Waals surface area contributed by atoms with Crippen molar-refractivity contribution in [1.82, 2.24) is 15.0 Å². The second-order valence-corrected chi connectivity index (χ2v) is 5.53. The fourth-order valence-corrected chi connectivity index (χ4v) is 2.05. The number of rotatable bonds is 6. The van der Waals surface area contributed by atoms with E-state index in [1.807, 2.05) is 13.0 Å². The van der Waals surface area contributed by atoms with E-state index in [0.717, 1.165) is 5.56 Å². The number of nitrogens with zero attached hydrogens (tertiary/aromatic N) is 3. The number of urea groups is 1. The largest absolute Gasteiger partial charge is 0.375 e. The highest BCUT2D eigenvalue weighted by molar-refractivity contribution is 6.31. The van der Waals surface area contributed by atoms with Gasteiger partial charge in [-0.3, -0.25) is 0 Å². The van der Waals surface area contributed by atoms with Crippen molar-refractivity contribution in [3.8, 4) is 0 Å². The van der Waals surface area contributed by atoms with Crippen molar-refractivity contribution in [2.24, 2.45) is 0 Å². The van der Waals surface area contributed by atoms with Crippen molar-refractivity contribution in [1.29, 1.82) is 0 Å². The van der Waals surface area contributed by atoms with Gasteiger partial charge in [0.2, 0.25) is 0 Å². The third kappa shape index (κ3) is 4.94. The minimum Gasteiger partial charge on any atom is -0.375 e. The maximum Gasteiger partial charge on any atom is 0.321 e. The molecule has 0 aliphatic rings. The molecule has 0 aliphatic carbocycles. The number of nitrogens with one attached hydrogen (secondary N) is 1. The molecule has 0 unspecified atom stereocenters. The van der Waals surface area contributed by atoms with E-state index in [0.29, 0.717) is 35.4 Å². The fraction of sp³-hybridized carbons (Fsp3) is 0.400. The lowest BCUT2D eigenvalue weighted by molar-refractivity contribution is 0.151. The highest BCUT2D eigenvalue weighted by Gasteiger charge is 2.12. The Labute approximate surface area is 139 Å². The minimum atomic E-state index is -0.226. The lowest BCUT2D eigenvalue weighted by atomic mass is 10.2. The van der Waals surface area contributed by atoms with Gasteiger partial charge in [0, 0.05) is 37.8 Å². The van der Waals surface area contributed by atoms with Gasteiger partial charge in [-0.15, -0.1) is 0 Å². The molecule has 0 fully saturated rings. The summed E-state index contributed by atoms with van der Waals surface area (Å²) < 4.78 is 9.91. The normalized spacial score (nSPS) is 10.6. The number of aryl methyl sites for hydroxylation is 1. The Balaban J connectivity index is 1.88. The van der Waals surface area contributed by atoms with E-state index in [1.165, 1.54) is 0 Å². The molecule has 0 saturated carbocycles. The van der Waals surface area contributed by atoms with E-state index in [4.69, 9.17) is 20.9 Å². The van der Waals surface area contributed by atoms with Crippen LogP contribution in [0.1, 0.15) is 17.3 Å². The summed E-state index contributed by atoms with van der Waals surface area (Å²) in [5.41, 5.74) is 1.63. The van der Waals surface area contributed by atoms with E-state index in [1.54, 1.807) is 31.2 Å². The van der Waals surface area contributed by atoms with Crippen LogP contribution < -0.4 is 5.32 Å². The summed E-state index contributed by atoms with van der Waals surface area (Å²) >= 11 is 5.95. The number of carbonyl (C=O) groups is 1. The molecular formula is C15H19ClN4O3. The molecule has 7 nitrogen and oxygen atoms in total.